The van der Waals surface area contributed by atoms with Gasteiger partial charge in [-0.1, -0.05) is 12.1 Å². The third kappa shape index (κ3) is 4.94. The Morgan fingerprint density at radius 1 is 1.06 bits per heavy atom. The quantitative estimate of drug-likeness (QED) is 0.350. The van der Waals surface area contributed by atoms with E-state index in [1.165, 1.54) is 44.4 Å². The molecule has 0 aliphatic rings. The molecule has 0 amide bonds. The molecule has 2 rings (SSSR count). The molecule has 0 saturated heterocycles. The van der Waals surface area contributed by atoms with Crippen LogP contribution in [0.3, 0.4) is 0 Å². The molecule has 2 aromatic rings. The first-order valence-electron chi connectivity index (χ1n) is 8.90. The minimum atomic E-state index is -1.81. The molecule has 0 N–H and O–H groups in total. The van der Waals surface area contributed by atoms with E-state index in [4.69, 9.17) is 29.5 Å². The van der Waals surface area contributed by atoms with Gasteiger partial charge in [0.1, 0.15) is 41.2 Å². The van der Waals surface area contributed by atoms with Crippen molar-refractivity contribution in [1.82, 2.24) is 0 Å². The summed E-state index contributed by atoms with van der Waals surface area (Å²) in [6.45, 7) is 3.23. The van der Waals surface area contributed by atoms with Crippen LogP contribution in [0.2, 0.25) is 0 Å². The molecular weight excluding hydrogens is 417 g/mol. The van der Waals surface area contributed by atoms with Crippen LogP contribution in [-0.2, 0) is 14.2 Å². The van der Waals surface area contributed by atoms with E-state index in [1.807, 2.05) is 0 Å². The number of hydrogen-bond acceptors (Lipinski definition) is 7. The normalized spacial score (nSPS) is 11.4. The lowest BCUT2D eigenvalue weighted by molar-refractivity contribution is -0.144. The maximum atomic E-state index is 14.6. The van der Waals surface area contributed by atoms with Crippen molar-refractivity contribution in [3.8, 4) is 23.6 Å². The van der Waals surface area contributed by atoms with E-state index in [-0.39, 0.29) is 23.5 Å². The summed E-state index contributed by atoms with van der Waals surface area (Å²) in [4.78, 5) is 12.5. The molecule has 1 atom stereocenters. The van der Waals surface area contributed by atoms with Crippen molar-refractivity contribution in [2.75, 3.05) is 20.3 Å². The number of halogens is 3. The van der Waals surface area contributed by atoms with Gasteiger partial charge in [-0.25, -0.2) is 13.6 Å². The molecule has 0 aromatic heterocycles. The molecule has 0 bridgehead atoms. The lowest BCUT2D eigenvalue weighted by Gasteiger charge is -2.17. The molecule has 0 fully saturated rings. The fourth-order valence-corrected chi connectivity index (χ4v) is 2.58. The number of hydrogen-bond donors (Lipinski definition) is 0. The van der Waals surface area contributed by atoms with E-state index in [0.717, 1.165) is 0 Å². The molecule has 31 heavy (non-hydrogen) atoms. The van der Waals surface area contributed by atoms with Crippen LogP contribution in [0.15, 0.2) is 18.2 Å². The van der Waals surface area contributed by atoms with Crippen molar-refractivity contribution in [2.24, 2.45) is 0 Å². The number of carbonyl (C=O) groups is 1. The second kappa shape index (κ2) is 10.4. The Kier molecular flexibility index (Phi) is 7.97. The molecule has 0 saturated carbocycles. The Morgan fingerprint density at radius 2 is 1.71 bits per heavy atom. The second-order valence-electron chi connectivity index (χ2n) is 6.02. The van der Waals surface area contributed by atoms with Gasteiger partial charge in [0.2, 0.25) is 11.6 Å². The van der Waals surface area contributed by atoms with Crippen LogP contribution in [0.25, 0.3) is 0 Å². The summed E-state index contributed by atoms with van der Waals surface area (Å²) in [6, 6.07) is 6.77. The summed E-state index contributed by atoms with van der Waals surface area (Å²) in [7, 11) is 1.35. The van der Waals surface area contributed by atoms with E-state index < -0.39 is 46.6 Å². The number of para-hydroxylation sites is 1. The zero-order valence-corrected chi connectivity index (χ0v) is 16.8. The van der Waals surface area contributed by atoms with Gasteiger partial charge in [0.05, 0.1) is 0 Å². The van der Waals surface area contributed by atoms with Crippen LogP contribution >= 0.6 is 0 Å². The number of ether oxygens (including phenoxy) is 4. The third-order valence-corrected chi connectivity index (χ3v) is 4.11. The highest BCUT2D eigenvalue weighted by Gasteiger charge is 2.29. The predicted molar refractivity (Wildman–Crippen MR) is 99.7 cm³/mol. The van der Waals surface area contributed by atoms with Crippen LogP contribution in [0.5, 0.6) is 11.5 Å². The first kappa shape index (κ1) is 23.7. The van der Waals surface area contributed by atoms with Crippen molar-refractivity contribution in [1.29, 1.82) is 10.5 Å². The van der Waals surface area contributed by atoms with Crippen molar-refractivity contribution < 1.29 is 36.9 Å². The van der Waals surface area contributed by atoms with E-state index in [1.54, 1.807) is 6.92 Å². The van der Waals surface area contributed by atoms with E-state index in [9.17, 15) is 18.0 Å². The zero-order chi connectivity index (χ0) is 23.1. The number of methoxy groups -OCH3 is 1. The summed E-state index contributed by atoms with van der Waals surface area (Å²) in [5.74, 6) is -7.63. The largest absolute Gasteiger partial charge is 0.457 e. The van der Waals surface area contributed by atoms with Gasteiger partial charge in [0.25, 0.3) is 0 Å². The maximum Gasteiger partial charge on any atom is 0.342 e. The molecule has 0 radical (unpaired) electrons. The van der Waals surface area contributed by atoms with Crippen molar-refractivity contribution in [2.45, 2.75) is 20.1 Å². The smallest absolute Gasteiger partial charge is 0.342 e. The first-order chi connectivity index (χ1) is 14.8. The topological polar surface area (TPSA) is 102 Å². The molecule has 162 valence electrons. The lowest BCUT2D eigenvalue weighted by Crippen LogP contribution is -2.24. The second-order valence-corrected chi connectivity index (χ2v) is 6.02. The molecule has 1 unspecified atom stereocenters. The van der Waals surface area contributed by atoms with E-state index >= 15 is 0 Å². The Bertz CT molecular complexity index is 1080. The maximum absolute atomic E-state index is 14.6. The van der Waals surface area contributed by atoms with Crippen molar-refractivity contribution in [3.05, 3.63) is 57.9 Å². The highest BCUT2D eigenvalue weighted by atomic mass is 19.2. The van der Waals surface area contributed by atoms with Gasteiger partial charge in [0, 0.05) is 13.7 Å². The first-order valence-corrected chi connectivity index (χ1v) is 8.90. The molecular formula is C21H17F3N2O5. The van der Waals surface area contributed by atoms with Crippen LogP contribution in [0.1, 0.15) is 34.0 Å². The SMILES string of the molecule is CCOC(COC(=O)c1cccc(C)c1Oc1c(F)c(F)c(C#N)c(C#N)c1F)OC. The van der Waals surface area contributed by atoms with Gasteiger partial charge in [0.15, 0.2) is 17.9 Å². The van der Waals surface area contributed by atoms with Gasteiger partial charge in [-0.3, -0.25) is 0 Å². The average Bonchev–Trinajstić information content (AvgIpc) is 2.76. The molecule has 0 aliphatic heterocycles. The standard InChI is InChI=1S/C21H17F3N2O5/c1-4-29-15(28-3)10-30-21(27)12-7-5-6-11(2)19(12)31-20-17(23)14(9-26)13(8-25)16(22)18(20)24/h5-7,15H,4,10H2,1-3H3. The predicted octanol–water partition coefficient (Wildman–Crippen LogP) is 4.11. The third-order valence-electron chi connectivity index (χ3n) is 4.11. The number of aryl methyl sites for hydroxylation is 1. The number of benzene rings is 2. The summed E-state index contributed by atoms with van der Waals surface area (Å²) >= 11 is 0. The van der Waals surface area contributed by atoms with Crippen LogP contribution in [-0.4, -0.2) is 32.6 Å². The molecule has 0 aliphatic carbocycles. The number of nitrogens with zero attached hydrogens (tertiary/aromatic N) is 2. The van der Waals surface area contributed by atoms with Gasteiger partial charge < -0.3 is 18.9 Å². The summed E-state index contributed by atoms with van der Waals surface area (Å²) in [5.41, 5.74) is -2.05. The fraction of sp³-hybridized carbons (Fsp3) is 0.286. The molecule has 2 aromatic carbocycles. The Labute approximate surface area is 176 Å². The van der Waals surface area contributed by atoms with Crippen LogP contribution in [0.4, 0.5) is 13.2 Å². The monoisotopic (exact) mass is 434 g/mol. The molecule has 0 spiro atoms. The van der Waals surface area contributed by atoms with E-state index in [0.29, 0.717) is 6.61 Å². The summed E-state index contributed by atoms with van der Waals surface area (Å²) in [6.07, 6.45) is -0.830. The number of esters is 1. The summed E-state index contributed by atoms with van der Waals surface area (Å²) < 4.78 is 63.7. The highest BCUT2D eigenvalue weighted by Crippen LogP contribution is 2.36. The van der Waals surface area contributed by atoms with E-state index in [2.05, 4.69) is 0 Å². The van der Waals surface area contributed by atoms with Crippen molar-refractivity contribution in [3.63, 3.8) is 0 Å². The Hall–Kier alpha value is -3.60. The van der Waals surface area contributed by atoms with Crippen LogP contribution < -0.4 is 4.74 Å². The van der Waals surface area contributed by atoms with Gasteiger partial charge in [-0.05, 0) is 25.5 Å². The summed E-state index contributed by atoms with van der Waals surface area (Å²) in [5, 5.41) is 17.9. The fourth-order valence-electron chi connectivity index (χ4n) is 2.58. The zero-order valence-electron chi connectivity index (χ0n) is 16.8. The molecule has 10 heteroatoms. The minimum absolute atomic E-state index is 0.214. The average molecular weight is 434 g/mol. The van der Waals surface area contributed by atoms with Gasteiger partial charge >= 0.3 is 5.97 Å². The molecule has 0 heterocycles. The Balaban J connectivity index is 2.47. The van der Waals surface area contributed by atoms with Crippen LogP contribution in [0, 0.1) is 47.0 Å². The molecule has 7 nitrogen and oxygen atoms in total. The minimum Gasteiger partial charge on any atom is -0.457 e. The van der Waals surface area contributed by atoms with Crippen molar-refractivity contribution >= 4 is 5.97 Å². The highest BCUT2D eigenvalue weighted by molar-refractivity contribution is 5.93. The Morgan fingerprint density at radius 3 is 2.29 bits per heavy atom. The number of carbonyl (C=O) groups excluding carboxylic acids is 1. The number of rotatable bonds is 8. The lowest BCUT2D eigenvalue weighted by atomic mass is 10.1. The van der Waals surface area contributed by atoms with Gasteiger partial charge in [-0.15, -0.1) is 0 Å². The van der Waals surface area contributed by atoms with Gasteiger partial charge in [-0.2, -0.15) is 14.9 Å². The number of nitriles is 2.